The number of amides is 1. The number of nitrogens with zero attached hydrogens (tertiary/aromatic N) is 2. The van der Waals surface area contributed by atoms with Crippen LogP contribution in [0, 0.1) is 13.8 Å². The van der Waals surface area contributed by atoms with Crippen LogP contribution in [0.4, 0.5) is 5.69 Å². The van der Waals surface area contributed by atoms with Crippen LogP contribution in [-0.4, -0.2) is 32.4 Å². The Morgan fingerprint density at radius 3 is 2.21 bits per heavy atom. The molecule has 3 rings (SSSR count). The molecular formula is C24H24Br2ClN3O3S. The van der Waals surface area contributed by atoms with Crippen LogP contribution in [0.5, 0.6) is 0 Å². The Kier molecular flexibility index (Phi) is 9.14. The molecule has 180 valence electrons. The molecule has 0 saturated carbocycles. The van der Waals surface area contributed by atoms with Gasteiger partial charge in [-0.15, -0.1) is 0 Å². The van der Waals surface area contributed by atoms with Crippen LogP contribution >= 0.6 is 43.5 Å². The summed E-state index contributed by atoms with van der Waals surface area (Å²) >= 11 is 12.9. The van der Waals surface area contributed by atoms with Gasteiger partial charge in [0.25, 0.3) is 10.0 Å². The summed E-state index contributed by atoms with van der Waals surface area (Å²) in [6.45, 7) is 4.23. The fourth-order valence-electron chi connectivity index (χ4n) is 3.51. The Labute approximate surface area is 222 Å². The summed E-state index contributed by atoms with van der Waals surface area (Å²) in [4.78, 5) is 16.8. The third-order valence-corrected chi connectivity index (χ3v) is 8.55. The number of rotatable bonds is 9. The second-order valence-corrected chi connectivity index (χ2v) is 11.8. The summed E-state index contributed by atoms with van der Waals surface area (Å²) in [6, 6.07) is 11.6. The van der Waals surface area contributed by atoms with E-state index in [-0.39, 0.29) is 23.8 Å². The van der Waals surface area contributed by atoms with Gasteiger partial charge >= 0.3 is 0 Å². The molecule has 10 heteroatoms. The Morgan fingerprint density at radius 2 is 1.62 bits per heavy atom. The van der Waals surface area contributed by atoms with Crippen molar-refractivity contribution >= 4 is 65.1 Å². The average Bonchev–Trinajstić information content (AvgIpc) is 2.75. The zero-order valence-corrected chi connectivity index (χ0v) is 23.4. The summed E-state index contributed by atoms with van der Waals surface area (Å²) in [5.41, 5.74) is 3.39. The van der Waals surface area contributed by atoms with Crippen molar-refractivity contribution < 1.29 is 13.2 Å². The first-order valence-electron chi connectivity index (χ1n) is 10.5. The maximum atomic E-state index is 13.5. The molecule has 1 aromatic heterocycles. The lowest BCUT2D eigenvalue weighted by Gasteiger charge is -2.25. The van der Waals surface area contributed by atoms with Crippen LogP contribution in [0.3, 0.4) is 0 Å². The van der Waals surface area contributed by atoms with Gasteiger partial charge in [0.15, 0.2) is 0 Å². The molecular weight excluding hydrogens is 606 g/mol. The molecule has 0 atom stereocenters. The largest absolute Gasteiger partial charge is 0.356 e. The second-order valence-electron chi connectivity index (χ2n) is 7.81. The Morgan fingerprint density at radius 1 is 1.03 bits per heavy atom. The minimum atomic E-state index is -3.90. The van der Waals surface area contributed by atoms with Crippen molar-refractivity contribution in [3.8, 4) is 0 Å². The minimum absolute atomic E-state index is 0.00231. The Balaban J connectivity index is 1.75. The number of nitrogens with one attached hydrogen (secondary N) is 1. The summed E-state index contributed by atoms with van der Waals surface area (Å²) in [6.07, 6.45) is 4.01. The number of aryl methyl sites for hydroxylation is 2. The molecule has 1 amide bonds. The predicted molar refractivity (Wildman–Crippen MR) is 143 cm³/mol. The highest BCUT2D eigenvalue weighted by atomic mass is 79.9. The number of pyridine rings is 1. The second kappa shape index (κ2) is 11.7. The lowest BCUT2D eigenvalue weighted by Crippen LogP contribution is -2.36. The first kappa shape index (κ1) is 26.7. The van der Waals surface area contributed by atoms with Gasteiger partial charge in [-0.3, -0.25) is 14.1 Å². The van der Waals surface area contributed by atoms with E-state index in [2.05, 4.69) is 42.2 Å². The molecule has 2 aromatic carbocycles. The van der Waals surface area contributed by atoms with Crippen molar-refractivity contribution in [1.29, 1.82) is 0 Å². The average molecular weight is 630 g/mol. The smallest absolute Gasteiger partial charge is 0.264 e. The van der Waals surface area contributed by atoms with E-state index in [1.54, 1.807) is 24.5 Å². The number of halogens is 3. The van der Waals surface area contributed by atoms with Crippen LogP contribution in [0.25, 0.3) is 0 Å². The number of aromatic nitrogens is 1. The van der Waals surface area contributed by atoms with E-state index < -0.39 is 10.0 Å². The number of hydrogen-bond acceptors (Lipinski definition) is 4. The van der Waals surface area contributed by atoms with Crippen LogP contribution in [0.15, 0.2) is 68.7 Å². The van der Waals surface area contributed by atoms with E-state index in [0.717, 1.165) is 25.6 Å². The van der Waals surface area contributed by atoms with Gasteiger partial charge in [0.05, 0.1) is 10.6 Å². The van der Waals surface area contributed by atoms with Gasteiger partial charge in [0.1, 0.15) is 0 Å². The number of carbonyl (C=O) groups is 1. The van der Waals surface area contributed by atoms with Crippen molar-refractivity contribution in [2.75, 3.05) is 17.4 Å². The molecule has 0 aliphatic rings. The predicted octanol–water partition coefficient (Wildman–Crippen LogP) is 5.82. The number of hydrogen-bond donors (Lipinski definition) is 1. The first-order chi connectivity index (χ1) is 16.1. The fraction of sp³-hybridized carbons (Fsp3) is 0.250. The normalized spacial score (nSPS) is 11.3. The van der Waals surface area contributed by atoms with E-state index in [9.17, 15) is 13.2 Å². The van der Waals surface area contributed by atoms with Crippen LogP contribution in [-0.2, 0) is 21.2 Å². The van der Waals surface area contributed by atoms with Gasteiger partial charge in [-0.1, -0.05) is 17.7 Å². The molecule has 0 aliphatic carbocycles. The molecule has 0 unspecified atom stereocenters. The molecule has 0 fully saturated rings. The van der Waals surface area contributed by atoms with Crippen molar-refractivity contribution in [1.82, 2.24) is 10.3 Å². The van der Waals surface area contributed by atoms with Crippen molar-refractivity contribution in [3.63, 3.8) is 0 Å². The Hall–Kier alpha value is -1.94. The maximum Gasteiger partial charge on any atom is 0.264 e. The Bertz CT molecular complexity index is 1240. The highest BCUT2D eigenvalue weighted by Gasteiger charge is 2.26. The highest BCUT2D eigenvalue weighted by Crippen LogP contribution is 2.27. The summed E-state index contributed by atoms with van der Waals surface area (Å²) in [5.74, 6) is -0.234. The van der Waals surface area contributed by atoms with E-state index in [1.165, 1.54) is 28.6 Å². The van der Waals surface area contributed by atoms with E-state index in [4.69, 9.17) is 11.6 Å². The van der Waals surface area contributed by atoms with E-state index in [1.807, 2.05) is 19.9 Å². The van der Waals surface area contributed by atoms with Gasteiger partial charge < -0.3 is 5.32 Å². The van der Waals surface area contributed by atoms with Crippen LogP contribution < -0.4 is 9.62 Å². The molecule has 0 spiro atoms. The van der Waals surface area contributed by atoms with E-state index >= 15 is 0 Å². The molecule has 1 heterocycles. The van der Waals surface area contributed by atoms with Gasteiger partial charge in [-0.25, -0.2) is 8.42 Å². The third-order valence-electron chi connectivity index (χ3n) is 5.09. The lowest BCUT2D eigenvalue weighted by atomic mass is 10.1. The van der Waals surface area contributed by atoms with Crippen molar-refractivity contribution in [2.45, 2.75) is 31.6 Å². The van der Waals surface area contributed by atoms with Gasteiger partial charge in [0, 0.05) is 45.9 Å². The van der Waals surface area contributed by atoms with E-state index in [0.29, 0.717) is 23.7 Å². The molecule has 0 radical (unpaired) electrons. The van der Waals surface area contributed by atoms with Gasteiger partial charge in [-0.2, -0.15) is 0 Å². The SMILES string of the molecule is Cc1cc(C)cc(N(CCC(=O)NCCc2c(Br)cncc2Br)S(=O)(=O)c2ccc(Cl)cc2)c1. The first-order valence-corrected chi connectivity index (χ1v) is 13.9. The summed E-state index contributed by atoms with van der Waals surface area (Å²) in [7, 11) is -3.90. The molecule has 6 nitrogen and oxygen atoms in total. The van der Waals surface area contributed by atoms with Crippen LogP contribution in [0.1, 0.15) is 23.1 Å². The van der Waals surface area contributed by atoms with Gasteiger partial charge in [0.2, 0.25) is 5.91 Å². The molecule has 0 aliphatic heterocycles. The standard InChI is InChI=1S/C24H24Br2ClN3O3S/c1-16-11-17(2)13-19(12-16)30(34(32,33)20-5-3-18(27)4-6-20)10-8-24(31)29-9-7-21-22(25)14-28-15-23(21)26/h3-6,11-15H,7-10H2,1-2H3,(H,29,31). The van der Waals surface area contributed by atoms with Gasteiger partial charge in [-0.05, 0) is 105 Å². The molecule has 1 N–H and O–H groups in total. The molecule has 0 bridgehead atoms. The maximum absolute atomic E-state index is 13.5. The molecule has 0 saturated heterocycles. The zero-order valence-electron chi connectivity index (χ0n) is 18.7. The topological polar surface area (TPSA) is 79.4 Å². The number of benzene rings is 2. The quantitative estimate of drug-likeness (QED) is 0.324. The van der Waals surface area contributed by atoms with Crippen molar-refractivity contribution in [2.24, 2.45) is 0 Å². The monoisotopic (exact) mass is 627 g/mol. The number of carbonyl (C=O) groups excluding carboxylic acids is 1. The number of anilines is 1. The fourth-order valence-corrected chi connectivity index (χ4v) is 6.41. The summed E-state index contributed by atoms with van der Waals surface area (Å²) in [5, 5.41) is 3.32. The minimum Gasteiger partial charge on any atom is -0.356 e. The third kappa shape index (κ3) is 6.81. The molecule has 3 aromatic rings. The zero-order chi connectivity index (χ0) is 24.9. The molecule has 34 heavy (non-hydrogen) atoms. The number of sulfonamides is 1. The highest BCUT2D eigenvalue weighted by molar-refractivity contribution is 9.11. The summed E-state index contributed by atoms with van der Waals surface area (Å²) < 4.78 is 30.0. The lowest BCUT2D eigenvalue weighted by molar-refractivity contribution is -0.120. The van der Waals surface area contributed by atoms with Crippen LogP contribution in [0.2, 0.25) is 5.02 Å². The van der Waals surface area contributed by atoms with Crippen molar-refractivity contribution in [3.05, 3.63) is 85.5 Å².